The van der Waals surface area contributed by atoms with Gasteiger partial charge in [-0.3, -0.25) is 9.69 Å². The fourth-order valence-corrected chi connectivity index (χ4v) is 3.31. The average molecular weight is 225 g/mol. The first kappa shape index (κ1) is 12.1. The van der Waals surface area contributed by atoms with Gasteiger partial charge >= 0.3 is 0 Å². The van der Waals surface area contributed by atoms with E-state index >= 15 is 0 Å². The van der Waals surface area contributed by atoms with Crippen molar-refractivity contribution in [1.82, 2.24) is 4.90 Å². The molecule has 0 aromatic heterocycles. The highest BCUT2D eigenvalue weighted by Gasteiger charge is 2.52. The van der Waals surface area contributed by atoms with E-state index in [1.54, 1.807) is 7.11 Å². The first-order chi connectivity index (χ1) is 7.46. The van der Waals surface area contributed by atoms with Crippen molar-refractivity contribution in [3.63, 3.8) is 0 Å². The smallest absolute Gasteiger partial charge is 0.135 e. The summed E-state index contributed by atoms with van der Waals surface area (Å²) >= 11 is 0. The third-order valence-electron chi connectivity index (χ3n) is 4.55. The van der Waals surface area contributed by atoms with Gasteiger partial charge in [-0.1, -0.05) is 13.8 Å². The lowest BCUT2D eigenvalue weighted by molar-refractivity contribution is -0.154. The maximum absolute atomic E-state index is 11.4. The maximum Gasteiger partial charge on any atom is 0.135 e. The zero-order chi connectivity index (χ0) is 11.9. The molecule has 0 N–H and O–H groups in total. The molecule has 2 rings (SSSR count). The molecule has 1 saturated carbocycles. The summed E-state index contributed by atoms with van der Waals surface area (Å²) in [6, 6.07) is 0.990. The Morgan fingerprint density at radius 1 is 1.44 bits per heavy atom. The highest BCUT2D eigenvalue weighted by molar-refractivity contribution is 5.79. The van der Waals surface area contributed by atoms with Gasteiger partial charge in [0.05, 0.1) is 6.10 Å². The molecule has 3 nitrogen and oxygen atoms in total. The molecule has 3 unspecified atom stereocenters. The van der Waals surface area contributed by atoms with Crippen LogP contribution in [0.15, 0.2) is 0 Å². The zero-order valence-corrected chi connectivity index (χ0v) is 10.8. The molecule has 2 fully saturated rings. The average Bonchev–Trinajstić information content (AvgIpc) is 2.20. The quantitative estimate of drug-likeness (QED) is 0.718. The van der Waals surface area contributed by atoms with E-state index < -0.39 is 0 Å². The Balaban J connectivity index is 2.02. The lowest BCUT2D eigenvalue weighted by Crippen LogP contribution is -2.64. The van der Waals surface area contributed by atoms with E-state index in [-0.39, 0.29) is 5.41 Å². The van der Waals surface area contributed by atoms with E-state index in [1.165, 1.54) is 0 Å². The molecule has 92 valence electrons. The molecule has 2 aliphatic rings. The second-order valence-corrected chi connectivity index (χ2v) is 5.88. The lowest BCUT2D eigenvalue weighted by Gasteiger charge is -2.57. The first-order valence-corrected chi connectivity index (χ1v) is 6.27. The molecular weight excluding hydrogens is 202 g/mol. The molecule has 3 heteroatoms. The number of ether oxygens (including phenoxy) is 1. The van der Waals surface area contributed by atoms with E-state index in [9.17, 15) is 4.79 Å². The summed E-state index contributed by atoms with van der Waals surface area (Å²) < 4.78 is 5.49. The van der Waals surface area contributed by atoms with Crippen LogP contribution in [0.25, 0.3) is 0 Å². The summed E-state index contributed by atoms with van der Waals surface area (Å²) in [7, 11) is 1.80. The molecule has 16 heavy (non-hydrogen) atoms. The van der Waals surface area contributed by atoms with Crippen molar-refractivity contribution in [1.29, 1.82) is 0 Å². The number of rotatable bonds is 2. The van der Waals surface area contributed by atoms with Crippen LogP contribution in [0.1, 0.15) is 40.0 Å². The summed E-state index contributed by atoms with van der Waals surface area (Å²) in [5.41, 5.74) is 0.226. The van der Waals surface area contributed by atoms with E-state index in [1.807, 2.05) is 0 Å². The Bertz CT molecular complexity index is 288. The van der Waals surface area contributed by atoms with Crippen LogP contribution in [-0.4, -0.2) is 42.5 Å². The predicted molar refractivity (Wildman–Crippen MR) is 63.4 cm³/mol. The van der Waals surface area contributed by atoms with Crippen LogP contribution in [-0.2, 0) is 9.53 Å². The van der Waals surface area contributed by atoms with Gasteiger partial charge in [0.25, 0.3) is 0 Å². The van der Waals surface area contributed by atoms with Crippen LogP contribution in [0.4, 0.5) is 0 Å². The highest BCUT2D eigenvalue weighted by Crippen LogP contribution is 2.46. The highest BCUT2D eigenvalue weighted by atomic mass is 16.5. The predicted octanol–water partition coefficient (Wildman–Crippen LogP) is 1.85. The largest absolute Gasteiger partial charge is 0.381 e. The standard InChI is InChI=1S/C13H23NO2/c1-9-7-10(15)5-6-14(9)11-8-12(16-4)13(11,2)3/h9,11-12H,5-8H2,1-4H3. The SMILES string of the molecule is COC1CC(N2CCC(=O)CC2C)C1(C)C. The third kappa shape index (κ3) is 1.80. The van der Waals surface area contributed by atoms with Gasteiger partial charge < -0.3 is 4.74 Å². The van der Waals surface area contributed by atoms with Crippen molar-refractivity contribution in [2.45, 2.75) is 58.2 Å². The van der Waals surface area contributed by atoms with Crippen LogP contribution in [0.5, 0.6) is 0 Å². The van der Waals surface area contributed by atoms with Crippen molar-refractivity contribution in [2.75, 3.05) is 13.7 Å². The third-order valence-corrected chi connectivity index (χ3v) is 4.55. The number of carbonyl (C=O) groups excluding carboxylic acids is 1. The van der Waals surface area contributed by atoms with Gasteiger partial charge in [-0.25, -0.2) is 0 Å². The Morgan fingerprint density at radius 3 is 2.62 bits per heavy atom. The Labute approximate surface area is 98.1 Å². The topological polar surface area (TPSA) is 29.5 Å². The number of Topliss-reactive ketones (excluding diaryl/α,β-unsaturated/α-hetero) is 1. The molecule has 0 bridgehead atoms. The fraction of sp³-hybridized carbons (Fsp3) is 0.923. The minimum absolute atomic E-state index is 0.226. The minimum atomic E-state index is 0.226. The summed E-state index contributed by atoms with van der Waals surface area (Å²) in [6.45, 7) is 7.66. The molecular formula is C13H23NO2. The molecule has 3 atom stereocenters. The van der Waals surface area contributed by atoms with E-state index in [4.69, 9.17) is 4.74 Å². The Morgan fingerprint density at radius 2 is 2.12 bits per heavy atom. The second kappa shape index (κ2) is 4.11. The molecule has 1 saturated heterocycles. The molecule has 0 spiro atoms. The van der Waals surface area contributed by atoms with Crippen molar-refractivity contribution in [2.24, 2.45) is 5.41 Å². The zero-order valence-electron chi connectivity index (χ0n) is 10.8. The van der Waals surface area contributed by atoms with Crippen LogP contribution in [0.3, 0.4) is 0 Å². The number of hydrogen-bond acceptors (Lipinski definition) is 3. The van der Waals surface area contributed by atoms with Gasteiger partial charge in [0.15, 0.2) is 0 Å². The number of piperidine rings is 1. The molecule has 0 amide bonds. The molecule has 1 heterocycles. The number of likely N-dealkylation sites (tertiary alicyclic amines) is 1. The maximum atomic E-state index is 11.4. The van der Waals surface area contributed by atoms with Gasteiger partial charge in [-0.2, -0.15) is 0 Å². The lowest BCUT2D eigenvalue weighted by atomic mass is 9.63. The van der Waals surface area contributed by atoms with E-state index in [2.05, 4.69) is 25.7 Å². The normalized spacial score (nSPS) is 39.5. The van der Waals surface area contributed by atoms with Gasteiger partial charge in [-0.05, 0) is 13.3 Å². The van der Waals surface area contributed by atoms with Crippen LogP contribution in [0, 0.1) is 5.41 Å². The van der Waals surface area contributed by atoms with Crippen LogP contribution < -0.4 is 0 Å². The Hall–Kier alpha value is -0.410. The molecule has 0 aromatic carbocycles. The fourth-order valence-electron chi connectivity index (χ4n) is 3.31. The van der Waals surface area contributed by atoms with Gasteiger partial charge in [0.1, 0.15) is 5.78 Å². The van der Waals surface area contributed by atoms with Crippen LogP contribution >= 0.6 is 0 Å². The van der Waals surface area contributed by atoms with Crippen molar-refractivity contribution >= 4 is 5.78 Å². The summed E-state index contributed by atoms with van der Waals surface area (Å²) in [4.78, 5) is 13.9. The number of nitrogens with zero attached hydrogens (tertiary/aromatic N) is 1. The van der Waals surface area contributed by atoms with Gasteiger partial charge in [-0.15, -0.1) is 0 Å². The monoisotopic (exact) mass is 225 g/mol. The summed E-state index contributed by atoms with van der Waals surface area (Å²) in [5, 5.41) is 0. The minimum Gasteiger partial charge on any atom is -0.381 e. The summed E-state index contributed by atoms with van der Waals surface area (Å²) in [6.07, 6.45) is 2.95. The summed E-state index contributed by atoms with van der Waals surface area (Å²) in [5.74, 6) is 0.421. The van der Waals surface area contributed by atoms with Crippen LogP contribution in [0.2, 0.25) is 0 Å². The molecule has 1 aliphatic heterocycles. The number of ketones is 1. The number of hydrogen-bond donors (Lipinski definition) is 0. The number of methoxy groups -OCH3 is 1. The van der Waals surface area contributed by atoms with Crippen molar-refractivity contribution in [3.05, 3.63) is 0 Å². The van der Waals surface area contributed by atoms with Crippen molar-refractivity contribution < 1.29 is 9.53 Å². The van der Waals surface area contributed by atoms with E-state index in [0.717, 1.165) is 25.8 Å². The Kier molecular flexibility index (Phi) is 3.10. The van der Waals surface area contributed by atoms with Crippen molar-refractivity contribution in [3.8, 4) is 0 Å². The number of carbonyl (C=O) groups is 1. The molecule has 0 aromatic rings. The molecule has 0 radical (unpaired) electrons. The van der Waals surface area contributed by atoms with E-state index in [0.29, 0.717) is 24.0 Å². The second-order valence-electron chi connectivity index (χ2n) is 5.88. The first-order valence-electron chi connectivity index (χ1n) is 6.27. The molecule has 1 aliphatic carbocycles. The van der Waals surface area contributed by atoms with Gasteiger partial charge in [0, 0.05) is 44.0 Å². The van der Waals surface area contributed by atoms with Gasteiger partial charge in [0.2, 0.25) is 0 Å².